The van der Waals surface area contributed by atoms with Crippen molar-refractivity contribution in [1.29, 1.82) is 0 Å². The molecule has 2 aromatic carbocycles. The van der Waals surface area contributed by atoms with E-state index in [-0.39, 0.29) is 0 Å². The van der Waals surface area contributed by atoms with Crippen LogP contribution in [0.1, 0.15) is 15.9 Å². The number of fused-ring (bicyclic) bond motifs is 2. The van der Waals surface area contributed by atoms with Crippen molar-refractivity contribution < 1.29 is 60.7 Å². The number of nitrogens with one attached hydrogen (secondary N) is 2. The number of quaternary nitrogens is 2. The number of carbonyl (C=O) groups is 3. The largest absolute Gasteiger partial charge is 0.542 e. The molecule has 0 aliphatic carbocycles. The average molecular weight is 602 g/mol. The molecule has 0 saturated carbocycles. The van der Waals surface area contributed by atoms with Gasteiger partial charge in [0.1, 0.15) is 37.1 Å². The number of aliphatic carboxylic acids is 2. The van der Waals surface area contributed by atoms with Crippen molar-refractivity contribution in [2.45, 2.75) is 24.9 Å². The number of rotatable bonds is 4. The number of carboxylic acids is 2. The first-order valence-electron chi connectivity index (χ1n) is 12.3. The third-order valence-electron chi connectivity index (χ3n) is 6.60. The number of amides is 1. The van der Waals surface area contributed by atoms with Gasteiger partial charge in [-0.3, -0.25) is 4.79 Å². The van der Waals surface area contributed by atoms with E-state index >= 15 is 0 Å². The van der Waals surface area contributed by atoms with Crippen molar-refractivity contribution in [2.24, 2.45) is 5.73 Å². The molecule has 1 amide bonds. The van der Waals surface area contributed by atoms with Crippen LogP contribution in [0.3, 0.4) is 0 Å². The molecule has 2 aliphatic heterocycles. The number of likely N-dealkylation sites (N-methyl/N-ethyl adjacent to an activating group) is 1. The summed E-state index contributed by atoms with van der Waals surface area (Å²) in [7, 11) is 2.30. The highest BCUT2D eigenvalue weighted by molar-refractivity contribution is 6.04. The van der Waals surface area contributed by atoms with Crippen molar-refractivity contribution in [3.8, 4) is 5.69 Å². The van der Waals surface area contributed by atoms with E-state index in [2.05, 4.69) is 42.5 Å². The molecule has 3 aromatic rings. The summed E-state index contributed by atoms with van der Waals surface area (Å²) in [6.45, 7) is 4.62. The second kappa shape index (κ2) is 12.6. The number of carbonyl (C=O) groups excluding carboxylic acids is 3. The van der Waals surface area contributed by atoms with Crippen LogP contribution in [0.15, 0.2) is 60.3 Å². The summed E-state index contributed by atoms with van der Waals surface area (Å²) in [5.74, 6) is -6.47. The van der Waals surface area contributed by atoms with Gasteiger partial charge in [0.25, 0.3) is 5.91 Å². The van der Waals surface area contributed by atoms with Crippen molar-refractivity contribution >= 4 is 28.7 Å². The lowest BCUT2D eigenvalue weighted by Gasteiger charge is -2.16. The summed E-state index contributed by atoms with van der Waals surface area (Å²) in [5.41, 5.74) is 10.5. The van der Waals surface area contributed by atoms with E-state index in [1.165, 1.54) is 25.2 Å². The van der Waals surface area contributed by atoms with E-state index in [0.717, 1.165) is 17.6 Å². The van der Waals surface area contributed by atoms with Crippen LogP contribution in [0.25, 0.3) is 16.6 Å². The number of hydrogen-bond acceptors (Lipinski definition) is 6. The van der Waals surface area contributed by atoms with Gasteiger partial charge < -0.3 is 35.3 Å². The summed E-state index contributed by atoms with van der Waals surface area (Å²) in [4.78, 5) is 32.5. The van der Waals surface area contributed by atoms with Crippen LogP contribution in [-0.2, 0) is 16.1 Å². The Morgan fingerprint density at radius 2 is 1.57 bits per heavy atom. The molecule has 1 aromatic heterocycles. The quantitative estimate of drug-likeness (QED) is 0.232. The Morgan fingerprint density at radius 3 is 2.07 bits per heavy atom. The van der Waals surface area contributed by atoms with Crippen LogP contribution < -0.4 is 25.7 Å². The van der Waals surface area contributed by atoms with Crippen molar-refractivity contribution in [1.82, 2.24) is 9.78 Å². The number of likely N-dealkylation sites (tertiary alicyclic amines) is 1. The molecule has 42 heavy (non-hydrogen) atoms. The van der Waals surface area contributed by atoms with E-state index in [4.69, 9.17) is 25.5 Å². The highest BCUT2D eigenvalue weighted by Gasteiger charge is 2.40. The first-order valence-corrected chi connectivity index (χ1v) is 12.3. The number of hydrogen-bond donors (Lipinski definition) is 3. The summed E-state index contributed by atoms with van der Waals surface area (Å²) >= 11 is 0. The van der Waals surface area contributed by atoms with E-state index in [1.54, 1.807) is 21.4 Å². The predicted octanol–water partition coefficient (Wildman–Crippen LogP) is -2.06. The molecule has 1 saturated heterocycles. The lowest BCUT2D eigenvalue weighted by molar-refractivity contribution is -0.944. The molecule has 0 bridgehead atoms. The number of primary amides is 1. The maximum Gasteiger partial charge on any atom is 0.430 e. The number of nitrogens with zero attached hydrogens (tertiary/aromatic N) is 2. The third kappa shape index (κ3) is 8.07. The van der Waals surface area contributed by atoms with Crippen molar-refractivity contribution in [2.75, 3.05) is 26.7 Å². The van der Waals surface area contributed by atoms with Gasteiger partial charge in [-0.2, -0.15) is 31.4 Å². The number of benzene rings is 2. The molecular weight excluding hydrogens is 576 g/mol. The minimum Gasteiger partial charge on any atom is -0.542 e. The van der Waals surface area contributed by atoms with Gasteiger partial charge >= 0.3 is 12.4 Å². The SMILES string of the molecule is C[NH+]1CC=C2C[NH+](Cc3ccc(-n4cc5cccc(C(N)=O)c5n4)cc3)CC21.O=C([O-])C(F)(F)F.O=C([O-])C(F)(F)F. The molecule has 5 rings (SSSR count). The summed E-state index contributed by atoms with van der Waals surface area (Å²) < 4.78 is 64.9. The van der Waals surface area contributed by atoms with Gasteiger partial charge in [-0.1, -0.05) is 24.3 Å². The molecule has 2 aliphatic rings. The molecule has 0 spiro atoms. The Bertz CT molecular complexity index is 1460. The molecule has 1 fully saturated rings. The van der Waals surface area contributed by atoms with E-state index in [1.807, 2.05) is 23.0 Å². The molecule has 10 nitrogen and oxygen atoms in total. The van der Waals surface area contributed by atoms with Crippen molar-refractivity contribution in [3.63, 3.8) is 0 Å². The van der Waals surface area contributed by atoms with Crippen LogP contribution in [0.5, 0.6) is 0 Å². The van der Waals surface area contributed by atoms with E-state index in [9.17, 15) is 31.1 Å². The molecule has 226 valence electrons. The first-order chi connectivity index (χ1) is 19.5. The normalized spacial score (nSPS) is 19.6. The number of carboxylic acid groups (broad SMARTS) is 2. The van der Waals surface area contributed by atoms with Gasteiger partial charge in [0.05, 0.1) is 24.8 Å². The zero-order valence-electron chi connectivity index (χ0n) is 21.9. The maximum absolute atomic E-state index is 11.6. The molecular formula is C26H25F6N5O5. The smallest absolute Gasteiger partial charge is 0.430 e. The summed E-state index contributed by atoms with van der Waals surface area (Å²) in [6, 6.07) is 14.8. The molecule has 3 heterocycles. The van der Waals surface area contributed by atoms with Crippen LogP contribution >= 0.6 is 0 Å². The predicted molar refractivity (Wildman–Crippen MR) is 130 cm³/mol. The van der Waals surface area contributed by atoms with Crippen molar-refractivity contribution in [3.05, 3.63) is 71.4 Å². The molecule has 3 atom stereocenters. The second-order valence-corrected chi connectivity index (χ2v) is 9.61. The average Bonchev–Trinajstić information content (AvgIpc) is 3.59. The lowest BCUT2D eigenvalue weighted by atomic mass is 10.1. The van der Waals surface area contributed by atoms with Crippen LogP contribution in [0, 0.1) is 0 Å². The number of halogens is 6. The maximum atomic E-state index is 11.6. The number of nitrogens with two attached hydrogens (primary N) is 1. The topological polar surface area (TPSA) is 150 Å². The highest BCUT2D eigenvalue weighted by atomic mass is 19.4. The molecule has 4 N–H and O–H groups in total. The minimum absolute atomic E-state index is 0.452. The standard InChI is InChI=1S/C22H23N5O.2C2HF3O2/c1-25-10-9-16-12-26(14-20(16)25)11-15-5-7-18(8-6-15)27-13-17-3-2-4-19(22(23)28)21(17)24-27;2*3-2(4,5)1(6)7/h2-9,13,20H,10-12,14H2,1H3,(H2,23,28);2*(H,6,7). The fourth-order valence-electron chi connectivity index (χ4n) is 4.61. The van der Waals surface area contributed by atoms with Gasteiger partial charge in [0, 0.05) is 22.7 Å². The number of alkyl halides is 6. The summed E-state index contributed by atoms with van der Waals surface area (Å²) in [6.07, 6.45) is -6.02. The monoisotopic (exact) mass is 601 g/mol. The van der Waals surface area contributed by atoms with Gasteiger partial charge in [0.2, 0.25) is 0 Å². The Kier molecular flexibility index (Phi) is 9.63. The van der Waals surface area contributed by atoms with Crippen LogP contribution in [0.2, 0.25) is 0 Å². The van der Waals surface area contributed by atoms with Gasteiger partial charge in [-0.05, 0) is 24.3 Å². The van der Waals surface area contributed by atoms with E-state index < -0.39 is 30.2 Å². The molecule has 3 unspecified atom stereocenters. The van der Waals surface area contributed by atoms with Gasteiger partial charge in [-0.15, -0.1) is 0 Å². The Hall–Kier alpha value is -4.44. The van der Waals surface area contributed by atoms with E-state index in [0.29, 0.717) is 17.1 Å². The van der Waals surface area contributed by atoms with Crippen LogP contribution in [-0.4, -0.2) is 72.7 Å². The fraction of sp³-hybridized carbons (Fsp3) is 0.308. The Labute approximate surface area is 234 Å². The Morgan fingerprint density at radius 1 is 1.00 bits per heavy atom. The van der Waals surface area contributed by atoms with Crippen LogP contribution in [0.4, 0.5) is 26.3 Å². The van der Waals surface area contributed by atoms with Gasteiger partial charge in [0.15, 0.2) is 6.04 Å². The number of aromatic nitrogens is 2. The third-order valence-corrected chi connectivity index (χ3v) is 6.60. The molecule has 16 heteroatoms. The zero-order chi connectivity index (χ0) is 31.4. The minimum atomic E-state index is -5.19. The second-order valence-electron chi connectivity index (χ2n) is 9.61. The first kappa shape index (κ1) is 32.1. The van der Waals surface area contributed by atoms with Gasteiger partial charge in [-0.25, -0.2) is 4.68 Å². The summed E-state index contributed by atoms with van der Waals surface area (Å²) in [5, 5.41) is 23.1. The zero-order valence-corrected chi connectivity index (χ0v) is 21.9. The fourth-order valence-corrected chi connectivity index (χ4v) is 4.61. The lowest BCUT2D eigenvalue weighted by Crippen LogP contribution is -3.17. The molecule has 0 radical (unpaired) electrons. The Balaban J connectivity index is 0.000000289. The highest BCUT2D eigenvalue weighted by Crippen LogP contribution is 2.20.